The van der Waals surface area contributed by atoms with Gasteiger partial charge in [-0.2, -0.15) is 9.49 Å². The first-order valence-corrected chi connectivity index (χ1v) is 12.4. The average molecular weight is 515 g/mol. The van der Waals surface area contributed by atoms with E-state index in [4.69, 9.17) is 4.98 Å². The van der Waals surface area contributed by atoms with Crippen LogP contribution in [-0.4, -0.2) is 25.1 Å². The number of nitrogens with zero attached hydrogens (tertiary/aromatic N) is 3. The van der Waals surface area contributed by atoms with Crippen molar-refractivity contribution in [2.75, 3.05) is 5.32 Å². The van der Waals surface area contributed by atoms with Gasteiger partial charge in [-0.05, 0) is 37.6 Å². The van der Waals surface area contributed by atoms with E-state index in [1.807, 2.05) is 19.9 Å². The molecule has 0 unspecified atom stereocenters. The van der Waals surface area contributed by atoms with Crippen molar-refractivity contribution in [3.63, 3.8) is 0 Å². The van der Waals surface area contributed by atoms with Gasteiger partial charge in [0.25, 0.3) is 0 Å². The quantitative estimate of drug-likeness (QED) is 0.186. The molecule has 5 rings (SSSR count). The molecule has 0 atom stereocenters. The molecule has 4 aromatic heterocycles. The molecule has 0 aliphatic heterocycles. The highest BCUT2D eigenvalue weighted by Gasteiger charge is 2.20. The van der Waals surface area contributed by atoms with Gasteiger partial charge in [0, 0.05) is 50.6 Å². The number of fused-ring (bicyclic) bond motifs is 1. The molecular formula is C28H24F2N6S. The largest absolute Gasteiger partial charge is 0.358 e. The van der Waals surface area contributed by atoms with Crippen molar-refractivity contribution in [2.24, 2.45) is 0 Å². The van der Waals surface area contributed by atoms with E-state index in [0.717, 1.165) is 45.3 Å². The zero-order valence-electron chi connectivity index (χ0n) is 20.3. The van der Waals surface area contributed by atoms with Crippen LogP contribution in [0, 0.1) is 17.9 Å². The highest BCUT2D eigenvalue weighted by atomic mass is 32.1. The van der Waals surface area contributed by atoms with Crippen LogP contribution in [-0.2, 0) is 0 Å². The lowest BCUT2D eigenvalue weighted by Crippen LogP contribution is -1.97. The molecule has 0 aliphatic carbocycles. The number of H-pyrrole nitrogens is 2. The van der Waals surface area contributed by atoms with Crippen molar-refractivity contribution in [1.29, 1.82) is 0 Å². The monoisotopic (exact) mass is 514 g/mol. The number of thiophene rings is 1. The summed E-state index contributed by atoms with van der Waals surface area (Å²) in [6.45, 7) is 11.6. The standard InChI is InChI=1S/C28H24F2N6S/c1-5-7-19(24-8-9-25(30)37-24)26-16(4)33-28(34-26)27-21-11-20(22(29)12-23(21)35-36-27)17-10-18(14-31-13-17)32-15(3)6-2/h5,7-14,32H,1,3,6H2,2,4H3,(H,33,34)(H,35,36)/b19-7-. The lowest BCUT2D eigenvalue weighted by atomic mass is 10.0. The number of aryl methyl sites for hydroxylation is 1. The minimum absolute atomic E-state index is 0.279. The first-order chi connectivity index (χ1) is 17.9. The molecule has 9 heteroatoms. The number of aromatic amines is 2. The molecule has 0 amide bonds. The van der Waals surface area contributed by atoms with Crippen LogP contribution in [0.15, 0.2) is 73.7 Å². The maximum absolute atomic E-state index is 15.1. The normalized spacial score (nSPS) is 11.7. The Bertz CT molecular complexity index is 1670. The summed E-state index contributed by atoms with van der Waals surface area (Å²) in [6, 6.07) is 8.13. The van der Waals surface area contributed by atoms with Crippen molar-refractivity contribution in [1.82, 2.24) is 25.1 Å². The summed E-state index contributed by atoms with van der Waals surface area (Å²) in [6.07, 6.45) is 7.50. The first kappa shape index (κ1) is 24.3. The van der Waals surface area contributed by atoms with Gasteiger partial charge >= 0.3 is 0 Å². The number of anilines is 1. The van der Waals surface area contributed by atoms with E-state index in [1.165, 1.54) is 12.1 Å². The minimum Gasteiger partial charge on any atom is -0.358 e. The van der Waals surface area contributed by atoms with E-state index in [2.05, 4.69) is 38.6 Å². The fourth-order valence-electron chi connectivity index (χ4n) is 4.08. The van der Waals surface area contributed by atoms with Gasteiger partial charge in [0.1, 0.15) is 11.5 Å². The number of aromatic nitrogens is 5. The SMILES string of the molecule is C=C/C=C(/c1ccc(F)s1)c1nc(-c2n[nH]c3cc(F)c(-c4cncc(NC(=C)CC)c4)cc23)[nH]c1C. The fraction of sp³-hybridized carbons (Fsp3) is 0.107. The molecular weight excluding hydrogens is 490 g/mol. The molecule has 0 bridgehead atoms. The van der Waals surface area contributed by atoms with Crippen molar-refractivity contribution in [3.05, 3.63) is 101 Å². The lowest BCUT2D eigenvalue weighted by molar-refractivity contribution is 0.632. The summed E-state index contributed by atoms with van der Waals surface area (Å²) < 4.78 is 28.9. The van der Waals surface area contributed by atoms with Gasteiger partial charge in [-0.15, -0.1) is 11.3 Å². The van der Waals surface area contributed by atoms with Crippen LogP contribution >= 0.6 is 11.3 Å². The zero-order valence-corrected chi connectivity index (χ0v) is 21.1. The van der Waals surface area contributed by atoms with Gasteiger partial charge in [0.05, 0.1) is 23.1 Å². The summed E-state index contributed by atoms with van der Waals surface area (Å²) >= 11 is 1.04. The molecule has 0 spiro atoms. The Kier molecular flexibility index (Phi) is 6.54. The van der Waals surface area contributed by atoms with Gasteiger partial charge in [0.15, 0.2) is 11.0 Å². The number of hydrogen-bond donors (Lipinski definition) is 3. The average Bonchev–Trinajstić information content (AvgIpc) is 3.60. The Morgan fingerprint density at radius 1 is 1.19 bits per heavy atom. The topological polar surface area (TPSA) is 82.3 Å². The number of halogens is 2. The zero-order chi connectivity index (χ0) is 26.1. The van der Waals surface area contributed by atoms with Crippen molar-refractivity contribution in [3.8, 4) is 22.6 Å². The smallest absolute Gasteiger partial charge is 0.176 e. The Morgan fingerprint density at radius 2 is 2.03 bits per heavy atom. The third-order valence-corrected chi connectivity index (χ3v) is 6.84. The van der Waals surface area contributed by atoms with Crippen LogP contribution in [0.25, 0.3) is 39.1 Å². The number of benzene rings is 1. The van der Waals surface area contributed by atoms with Crippen LogP contribution in [0.5, 0.6) is 0 Å². The second-order valence-corrected chi connectivity index (χ2v) is 9.51. The van der Waals surface area contributed by atoms with E-state index in [1.54, 1.807) is 36.7 Å². The molecule has 6 nitrogen and oxygen atoms in total. The van der Waals surface area contributed by atoms with E-state index in [-0.39, 0.29) is 5.13 Å². The van der Waals surface area contributed by atoms with Crippen LogP contribution in [0.4, 0.5) is 14.5 Å². The lowest BCUT2D eigenvalue weighted by Gasteiger charge is -2.10. The molecule has 37 heavy (non-hydrogen) atoms. The number of allylic oxidation sites excluding steroid dienone is 3. The molecule has 1 aromatic carbocycles. The van der Waals surface area contributed by atoms with Crippen molar-refractivity contribution in [2.45, 2.75) is 20.3 Å². The van der Waals surface area contributed by atoms with Crippen molar-refractivity contribution >= 4 is 33.5 Å². The highest BCUT2D eigenvalue weighted by molar-refractivity contribution is 7.11. The maximum atomic E-state index is 15.1. The Labute approximate surface area is 216 Å². The molecule has 0 fully saturated rings. The van der Waals surface area contributed by atoms with Crippen LogP contribution in [0.2, 0.25) is 0 Å². The van der Waals surface area contributed by atoms with Crippen LogP contribution in [0.1, 0.15) is 29.6 Å². The number of nitrogens with one attached hydrogen (secondary N) is 3. The molecule has 0 radical (unpaired) electrons. The fourth-order valence-corrected chi connectivity index (χ4v) is 4.83. The second-order valence-electron chi connectivity index (χ2n) is 8.47. The van der Waals surface area contributed by atoms with Crippen LogP contribution < -0.4 is 5.32 Å². The molecule has 5 aromatic rings. The Morgan fingerprint density at radius 3 is 2.76 bits per heavy atom. The number of hydrogen-bond acceptors (Lipinski definition) is 5. The molecule has 3 N–H and O–H groups in total. The molecule has 0 aliphatic rings. The Balaban J connectivity index is 1.58. The number of imidazole rings is 1. The summed E-state index contributed by atoms with van der Waals surface area (Å²) in [5.74, 6) is 0.110. The highest BCUT2D eigenvalue weighted by Crippen LogP contribution is 2.35. The van der Waals surface area contributed by atoms with E-state index < -0.39 is 5.82 Å². The Hall–Kier alpha value is -4.37. The van der Waals surface area contributed by atoms with Gasteiger partial charge in [-0.1, -0.05) is 32.2 Å². The predicted octanol–water partition coefficient (Wildman–Crippen LogP) is 7.62. The number of pyridine rings is 1. The second kappa shape index (κ2) is 9.94. The molecule has 0 saturated carbocycles. The maximum Gasteiger partial charge on any atom is 0.176 e. The van der Waals surface area contributed by atoms with E-state index >= 15 is 4.39 Å². The van der Waals surface area contributed by atoms with E-state index in [9.17, 15) is 4.39 Å². The molecule has 186 valence electrons. The first-order valence-electron chi connectivity index (χ1n) is 11.6. The van der Waals surface area contributed by atoms with E-state index in [0.29, 0.717) is 39.2 Å². The third-order valence-electron chi connectivity index (χ3n) is 5.93. The van der Waals surface area contributed by atoms with Gasteiger partial charge in [0.2, 0.25) is 0 Å². The summed E-state index contributed by atoms with van der Waals surface area (Å²) in [4.78, 5) is 13.1. The number of rotatable bonds is 8. The molecule has 0 saturated heterocycles. The van der Waals surface area contributed by atoms with Gasteiger partial charge in [-0.3, -0.25) is 10.1 Å². The molecule has 4 heterocycles. The van der Waals surface area contributed by atoms with Gasteiger partial charge in [-0.25, -0.2) is 9.37 Å². The van der Waals surface area contributed by atoms with Crippen molar-refractivity contribution < 1.29 is 8.78 Å². The van der Waals surface area contributed by atoms with Crippen LogP contribution in [0.3, 0.4) is 0 Å². The third kappa shape index (κ3) is 4.73. The summed E-state index contributed by atoms with van der Waals surface area (Å²) in [5, 5.41) is 10.9. The summed E-state index contributed by atoms with van der Waals surface area (Å²) in [5.41, 5.74) is 5.85. The predicted molar refractivity (Wildman–Crippen MR) is 146 cm³/mol. The van der Waals surface area contributed by atoms with Gasteiger partial charge < -0.3 is 10.3 Å². The minimum atomic E-state index is -0.400. The summed E-state index contributed by atoms with van der Waals surface area (Å²) in [7, 11) is 0.